The predicted molar refractivity (Wildman–Crippen MR) is 56.9 cm³/mol. The van der Waals surface area contributed by atoms with E-state index in [2.05, 4.69) is 0 Å². The fourth-order valence-electron chi connectivity index (χ4n) is 1.74. The fraction of sp³-hybridized carbons (Fsp3) is 0.273. The van der Waals surface area contributed by atoms with Crippen LogP contribution in [-0.4, -0.2) is 16.0 Å². The van der Waals surface area contributed by atoms with Crippen molar-refractivity contribution in [2.45, 2.75) is 20.0 Å². The average molecular weight is 224 g/mol. The molecule has 0 aromatic heterocycles. The Bertz CT molecular complexity index is 442. The van der Waals surface area contributed by atoms with Gasteiger partial charge in [-0.2, -0.15) is 0 Å². The molecule has 1 aliphatic heterocycles. The second-order valence-electron chi connectivity index (χ2n) is 3.65. The molecule has 1 amide bonds. The summed E-state index contributed by atoms with van der Waals surface area (Å²) < 4.78 is 0. The Labute approximate surface area is 92.6 Å². The van der Waals surface area contributed by atoms with Crippen LogP contribution in [0.5, 0.6) is 0 Å². The van der Waals surface area contributed by atoms with E-state index in [1.807, 2.05) is 12.1 Å². The molecular formula is C11H10ClNO2. The van der Waals surface area contributed by atoms with Crippen molar-refractivity contribution in [3.8, 4) is 0 Å². The molecule has 1 aromatic rings. The molecule has 4 heteroatoms. The summed E-state index contributed by atoms with van der Waals surface area (Å²) >= 11 is 5.40. The summed E-state index contributed by atoms with van der Waals surface area (Å²) in [4.78, 5) is 23.6. The van der Waals surface area contributed by atoms with E-state index in [4.69, 9.17) is 11.6 Å². The van der Waals surface area contributed by atoms with Gasteiger partial charge in [-0.1, -0.05) is 12.1 Å². The molecule has 0 spiro atoms. The minimum atomic E-state index is -0.449. The summed E-state index contributed by atoms with van der Waals surface area (Å²) in [6, 6.07) is 5.49. The van der Waals surface area contributed by atoms with Gasteiger partial charge in [-0.3, -0.25) is 9.59 Å². The Morgan fingerprint density at radius 3 is 2.53 bits per heavy atom. The normalized spacial score (nSPS) is 13.9. The van der Waals surface area contributed by atoms with Crippen LogP contribution in [0.4, 0.5) is 4.79 Å². The maximum Gasteiger partial charge on any atom is 0.316 e. The summed E-state index contributed by atoms with van der Waals surface area (Å²) in [6.45, 7) is 2.57. The largest absolute Gasteiger partial charge is 0.321 e. The lowest BCUT2D eigenvalue weighted by molar-refractivity contribution is 0.101. The van der Waals surface area contributed by atoms with Crippen LogP contribution in [0.25, 0.3) is 0 Å². The van der Waals surface area contributed by atoms with E-state index in [1.165, 1.54) is 11.8 Å². The SMILES string of the molecule is CC(=O)c1ccc2c(c1)CN(C(=O)Cl)C2. The molecule has 78 valence electrons. The first-order valence-electron chi connectivity index (χ1n) is 4.65. The Hall–Kier alpha value is -1.35. The van der Waals surface area contributed by atoms with Gasteiger partial charge in [-0.15, -0.1) is 0 Å². The summed E-state index contributed by atoms with van der Waals surface area (Å²) in [6.07, 6.45) is 0. The van der Waals surface area contributed by atoms with Crippen molar-refractivity contribution in [3.63, 3.8) is 0 Å². The van der Waals surface area contributed by atoms with E-state index in [9.17, 15) is 9.59 Å². The van der Waals surface area contributed by atoms with Gasteiger partial charge in [0, 0.05) is 18.7 Å². The summed E-state index contributed by atoms with van der Waals surface area (Å²) in [5.41, 5.74) is 2.75. The number of Topliss-reactive ketones (excluding diaryl/α,β-unsaturated/α-hetero) is 1. The maximum atomic E-state index is 11.2. The Morgan fingerprint density at radius 1 is 1.27 bits per heavy atom. The van der Waals surface area contributed by atoms with Gasteiger partial charge >= 0.3 is 5.37 Å². The van der Waals surface area contributed by atoms with Crippen molar-refractivity contribution < 1.29 is 9.59 Å². The highest BCUT2D eigenvalue weighted by Crippen LogP contribution is 2.24. The number of fused-ring (bicyclic) bond motifs is 1. The van der Waals surface area contributed by atoms with Gasteiger partial charge in [0.15, 0.2) is 5.78 Å². The van der Waals surface area contributed by atoms with E-state index >= 15 is 0 Å². The van der Waals surface area contributed by atoms with Gasteiger partial charge in [-0.25, -0.2) is 0 Å². The number of carbonyl (C=O) groups is 2. The molecule has 0 N–H and O–H groups in total. The summed E-state index contributed by atoms with van der Waals surface area (Å²) in [7, 11) is 0. The first kappa shape index (κ1) is 10.2. The lowest BCUT2D eigenvalue weighted by Crippen LogP contribution is -2.18. The zero-order chi connectivity index (χ0) is 11.0. The number of ketones is 1. The Balaban J connectivity index is 2.31. The first-order chi connectivity index (χ1) is 7.08. The number of halogens is 1. The molecule has 0 unspecified atom stereocenters. The fourth-order valence-corrected chi connectivity index (χ4v) is 1.86. The monoisotopic (exact) mass is 223 g/mol. The molecule has 0 bridgehead atoms. The van der Waals surface area contributed by atoms with Crippen LogP contribution in [0.1, 0.15) is 28.4 Å². The molecule has 1 aromatic carbocycles. The van der Waals surface area contributed by atoms with Gasteiger partial charge < -0.3 is 4.90 Å². The molecular weight excluding hydrogens is 214 g/mol. The van der Waals surface area contributed by atoms with Crippen molar-refractivity contribution in [1.82, 2.24) is 4.90 Å². The van der Waals surface area contributed by atoms with Crippen molar-refractivity contribution >= 4 is 22.8 Å². The second kappa shape index (κ2) is 3.66. The van der Waals surface area contributed by atoms with Crippen molar-refractivity contribution in [2.75, 3.05) is 0 Å². The maximum absolute atomic E-state index is 11.2. The predicted octanol–water partition coefficient (Wildman–Crippen LogP) is 2.56. The van der Waals surface area contributed by atoms with Crippen molar-refractivity contribution in [1.29, 1.82) is 0 Å². The minimum Gasteiger partial charge on any atom is -0.321 e. The molecule has 0 atom stereocenters. The Kier molecular flexibility index (Phi) is 2.49. The number of hydrogen-bond acceptors (Lipinski definition) is 2. The molecule has 0 saturated heterocycles. The number of benzene rings is 1. The van der Waals surface area contributed by atoms with Crippen molar-refractivity contribution in [2.24, 2.45) is 0 Å². The van der Waals surface area contributed by atoms with Crippen molar-refractivity contribution in [3.05, 3.63) is 34.9 Å². The third-order valence-corrected chi connectivity index (χ3v) is 2.82. The van der Waals surface area contributed by atoms with Crippen LogP contribution in [0.3, 0.4) is 0 Å². The van der Waals surface area contributed by atoms with Gasteiger partial charge in [0.05, 0.1) is 0 Å². The quantitative estimate of drug-likeness (QED) is 0.417. The third-order valence-electron chi connectivity index (χ3n) is 2.58. The molecule has 0 radical (unpaired) electrons. The average Bonchev–Trinajstić information content (AvgIpc) is 2.59. The number of nitrogens with zero attached hydrogens (tertiary/aromatic N) is 1. The van der Waals surface area contributed by atoms with Gasteiger partial charge in [0.2, 0.25) is 0 Å². The first-order valence-corrected chi connectivity index (χ1v) is 5.03. The van der Waals surface area contributed by atoms with E-state index in [-0.39, 0.29) is 5.78 Å². The number of rotatable bonds is 1. The molecule has 15 heavy (non-hydrogen) atoms. The van der Waals surface area contributed by atoms with E-state index < -0.39 is 5.37 Å². The van der Waals surface area contributed by atoms with Crippen LogP contribution >= 0.6 is 11.6 Å². The topological polar surface area (TPSA) is 37.4 Å². The zero-order valence-corrected chi connectivity index (χ0v) is 9.04. The van der Waals surface area contributed by atoms with Crippen LogP contribution in [0.15, 0.2) is 18.2 Å². The third kappa shape index (κ3) is 1.88. The zero-order valence-electron chi connectivity index (χ0n) is 8.29. The van der Waals surface area contributed by atoms with Crippen LogP contribution in [0.2, 0.25) is 0 Å². The number of amides is 1. The highest BCUT2D eigenvalue weighted by atomic mass is 35.5. The molecule has 1 aliphatic rings. The van der Waals surface area contributed by atoms with E-state index in [0.29, 0.717) is 18.7 Å². The summed E-state index contributed by atoms with van der Waals surface area (Å²) in [5, 5.41) is -0.449. The number of hydrogen-bond donors (Lipinski definition) is 0. The number of carbonyl (C=O) groups excluding carboxylic acids is 2. The molecule has 1 heterocycles. The second-order valence-corrected chi connectivity index (χ2v) is 3.97. The molecule has 0 saturated carbocycles. The van der Waals surface area contributed by atoms with Gasteiger partial charge in [0.25, 0.3) is 0 Å². The summed E-state index contributed by atoms with van der Waals surface area (Å²) in [5.74, 6) is 0.0356. The lowest BCUT2D eigenvalue weighted by Gasteiger charge is -2.08. The highest BCUT2D eigenvalue weighted by molar-refractivity contribution is 6.62. The Morgan fingerprint density at radius 2 is 1.93 bits per heavy atom. The molecule has 0 aliphatic carbocycles. The lowest BCUT2D eigenvalue weighted by atomic mass is 10.0. The van der Waals surface area contributed by atoms with E-state index in [0.717, 1.165) is 11.1 Å². The van der Waals surface area contributed by atoms with E-state index in [1.54, 1.807) is 6.07 Å². The van der Waals surface area contributed by atoms with Crippen LogP contribution < -0.4 is 0 Å². The minimum absolute atomic E-state index is 0.0356. The molecule has 2 rings (SSSR count). The van der Waals surface area contributed by atoms with Crippen LogP contribution in [-0.2, 0) is 13.1 Å². The molecule has 0 fully saturated rings. The smallest absolute Gasteiger partial charge is 0.316 e. The standard InChI is InChI=1S/C11H10ClNO2/c1-7(14)8-2-3-9-5-13(11(12)15)6-10(9)4-8/h2-4H,5-6H2,1H3. The van der Waals surface area contributed by atoms with Gasteiger partial charge in [0.1, 0.15) is 0 Å². The molecule has 3 nitrogen and oxygen atoms in total. The highest BCUT2D eigenvalue weighted by Gasteiger charge is 2.22. The van der Waals surface area contributed by atoms with Crippen LogP contribution in [0, 0.1) is 0 Å². The van der Waals surface area contributed by atoms with Gasteiger partial charge in [-0.05, 0) is 35.7 Å².